The van der Waals surface area contributed by atoms with E-state index in [2.05, 4.69) is 16.3 Å². The van der Waals surface area contributed by atoms with E-state index in [1.54, 1.807) is 4.57 Å². The molecule has 7 heteroatoms. The first-order valence-corrected chi connectivity index (χ1v) is 11.1. The molecule has 1 saturated heterocycles. The van der Waals surface area contributed by atoms with Gasteiger partial charge in [0.2, 0.25) is 0 Å². The fraction of sp³-hybridized carbons (Fsp3) is 0.417. The molecule has 2 aliphatic rings. The summed E-state index contributed by atoms with van der Waals surface area (Å²) in [5.41, 5.74) is 4.44. The summed E-state index contributed by atoms with van der Waals surface area (Å²) in [6.07, 6.45) is 4.31. The Kier molecular flexibility index (Phi) is 5.61. The number of aryl methyl sites for hydroxylation is 1. The Bertz CT molecular complexity index is 1160. The first kappa shape index (κ1) is 20.0. The summed E-state index contributed by atoms with van der Waals surface area (Å²) in [7, 11) is 0. The fourth-order valence-electron chi connectivity index (χ4n) is 4.76. The molecule has 1 aromatic heterocycles. The topological polar surface area (TPSA) is 68.5 Å². The van der Waals surface area contributed by atoms with Gasteiger partial charge in [-0.1, -0.05) is 24.3 Å². The van der Waals surface area contributed by atoms with Gasteiger partial charge in [0.05, 0.1) is 24.2 Å². The Labute approximate surface area is 181 Å². The zero-order chi connectivity index (χ0) is 21.2. The molecule has 5 rings (SSSR count). The number of nitrogens with zero attached hydrogens (tertiary/aromatic N) is 3. The van der Waals surface area contributed by atoms with Crippen LogP contribution in [0.4, 0.5) is 10.5 Å². The molecule has 0 atom stereocenters. The standard InChI is InChI=1S/C24H28N4O3/c29-23(25-20-9-5-7-18-6-1-2-8-19(18)20)28-22-11-4-3-10-21(22)27(24(28)30)13-12-26-14-16-31-17-15-26/h3-5,7,9-11H,1-2,6,8,12-17H2,(H,25,29). The normalized spacial score (nSPS) is 16.9. The van der Waals surface area contributed by atoms with Gasteiger partial charge in [-0.3, -0.25) is 9.47 Å². The van der Waals surface area contributed by atoms with Gasteiger partial charge in [-0.05, 0) is 55.0 Å². The minimum Gasteiger partial charge on any atom is -0.379 e. The number of morpholine rings is 1. The lowest BCUT2D eigenvalue weighted by molar-refractivity contribution is 0.0364. The molecule has 0 spiro atoms. The van der Waals surface area contributed by atoms with Crippen molar-refractivity contribution in [3.8, 4) is 0 Å². The minimum atomic E-state index is -0.398. The number of carbonyl (C=O) groups excluding carboxylic acids is 1. The smallest absolute Gasteiger partial charge is 0.337 e. The molecule has 0 unspecified atom stereocenters. The fourth-order valence-corrected chi connectivity index (χ4v) is 4.76. The second-order valence-corrected chi connectivity index (χ2v) is 8.29. The molecule has 1 N–H and O–H groups in total. The highest BCUT2D eigenvalue weighted by molar-refractivity contribution is 5.97. The first-order chi connectivity index (χ1) is 15.2. The van der Waals surface area contributed by atoms with Crippen molar-refractivity contribution in [1.82, 2.24) is 14.0 Å². The predicted molar refractivity (Wildman–Crippen MR) is 121 cm³/mol. The van der Waals surface area contributed by atoms with Gasteiger partial charge in [-0.25, -0.2) is 14.2 Å². The Balaban J connectivity index is 1.45. The lowest BCUT2D eigenvalue weighted by Gasteiger charge is -2.26. The molecule has 7 nitrogen and oxygen atoms in total. The summed E-state index contributed by atoms with van der Waals surface area (Å²) in [4.78, 5) is 28.9. The van der Waals surface area contributed by atoms with Crippen LogP contribution in [-0.4, -0.2) is 52.9 Å². The number of hydrogen-bond acceptors (Lipinski definition) is 4. The SMILES string of the molecule is O=C(Nc1cccc2c1CCCC2)n1c(=O)n(CCN2CCOCC2)c2ccccc21. The number of ether oxygens (including phenoxy) is 1. The van der Waals surface area contributed by atoms with Gasteiger partial charge in [0, 0.05) is 31.9 Å². The molecule has 1 aliphatic carbocycles. The monoisotopic (exact) mass is 420 g/mol. The van der Waals surface area contributed by atoms with E-state index >= 15 is 0 Å². The van der Waals surface area contributed by atoms with E-state index in [0.29, 0.717) is 12.1 Å². The van der Waals surface area contributed by atoms with Crippen LogP contribution in [0, 0.1) is 0 Å². The van der Waals surface area contributed by atoms with Crippen molar-refractivity contribution >= 4 is 22.8 Å². The van der Waals surface area contributed by atoms with E-state index in [4.69, 9.17) is 4.74 Å². The van der Waals surface area contributed by atoms with E-state index in [0.717, 1.165) is 63.3 Å². The number of rotatable bonds is 4. The van der Waals surface area contributed by atoms with Crippen LogP contribution in [0.25, 0.3) is 11.0 Å². The van der Waals surface area contributed by atoms with Crippen LogP contribution >= 0.6 is 0 Å². The van der Waals surface area contributed by atoms with Crippen molar-refractivity contribution in [3.63, 3.8) is 0 Å². The largest absolute Gasteiger partial charge is 0.379 e. The molecule has 0 radical (unpaired) electrons. The number of fused-ring (bicyclic) bond motifs is 2. The molecule has 1 amide bonds. The number of imidazole rings is 1. The molecule has 2 heterocycles. The van der Waals surface area contributed by atoms with Gasteiger partial charge in [-0.15, -0.1) is 0 Å². The van der Waals surface area contributed by atoms with Crippen molar-refractivity contribution in [2.24, 2.45) is 0 Å². The number of nitrogens with one attached hydrogen (secondary N) is 1. The number of benzene rings is 2. The van der Waals surface area contributed by atoms with E-state index < -0.39 is 6.03 Å². The summed E-state index contributed by atoms with van der Waals surface area (Å²) in [5, 5.41) is 3.02. The number of hydrogen-bond donors (Lipinski definition) is 1. The summed E-state index contributed by atoms with van der Waals surface area (Å²) in [5.74, 6) is 0. The van der Waals surface area contributed by atoms with E-state index in [1.165, 1.54) is 22.1 Å². The summed E-state index contributed by atoms with van der Waals surface area (Å²) >= 11 is 0. The summed E-state index contributed by atoms with van der Waals surface area (Å²) in [6.45, 7) is 4.48. The van der Waals surface area contributed by atoms with Crippen LogP contribution in [0.15, 0.2) is 47.3 Å². The zero-order valence-corrected chi connectivity index (χ0v) is 17.7. The van der Waals surface area contributed by atoms with Crippen LogP contribution < -0.4 is 11.0 Å². The molecule has 1 aliphatic heterocycles. The molecule has 0 bridgehead atoms. The van der Waals surface area contributed by atoms with E-state index in [1.807, 2.05) is 36.4 Å². The van der Waals surface area contributed by atoms with Gasteiger partial charge < -0.3 is 10.1 Å². The molecule has 1 fully saturated rings. The molecule has 2 aromatic carbocycles. The highest BCUT2D eigenvalue weighted by atomic mass is 16.5. The Hall–Kier alpha value is -2.90. The quantitative estimate of drug-likeness (QED) is 0.704. The van der Waals surface area contributed by atoms with Crippen molar-refractivity contribution in [2.75, 3.05) is 38.2 Å². The highest BCUT2D eigenvalue weighted by Crippen LogP contribution is 2.28. The average molecular weight is 421 g/mol. The average Bonchev–Trinajstić information content (AvgIpc) is 3.10. The lowest BCUT2D eigenvalue weighted by atomic mass is 9.90. The van der Waals surface area contributed by atoms with Gasteiger partial charge in [0.25, 0.3) is 0 Å². The summed E-state index contributed by atoms with van der Waals surface area (Å²) < 4.78 is 8.40. The Morgan fingerprint density at radius 1 is 0.935 bits per heavy atom. The Morgan fingerprint density at radius 3 is 2.55 bits per heavy atom. The van der Waals surface area contributed by atoms with Crippen molar-refractivity contribution in [2.45, 2.75) is 32.2 Å². The Morgan fingerprint density at radius 2 is 1.71 bits per heavy atom. The zero-order valence-electron chi connectivity index (χ0n) is 17.7. The molecule has 31 heavy (non-hydrogen) atoms. The van der Waals surface area contributed by atoms with Crippen LogP contribution in [0.3, 0.4) is 0 Å². The number of anilines is 1. The van der Waals surface area contributed by atoms with E-state index in [9.17, 15) is 9.59 Å². The summed E-state index contributed by atoms with van der Waals surface area (Å²) in [6, 6.07) is 13.2. The number of amides is 1. The maximum absolute atomic E-state index is 13.3. The van der Waals surface area contributed by atoms with Crippen molar-refractivity contribution in [1.29, 1.82) is 0 Å². The minimum absolute atomic E-state index is 0.295. The van der Waals surface area contributed by atoms with Gasteiger partial charge in [0.15, 0.2) is 0 Å². The van der Waals surface area contributed by atoms with Gasteiger partial charge in [0.1, 0.15) is 0 Å². The van der Waals surface area contributed by atoms with E-state index in [-0.39, 0.29) is 5.69 Å². The van der Waals surface area contributed by atoms with Crippen molar-refractivity contribution in [3.05, 3.63) is 64.1 Å². The molecule has 3 aromatic rings. The lowest BCUT2D eigenvalue weighted by Crippen LogP contribution is -2.40. The maximum atomic E-state index is 13.3. The van der Waals surface area contributed by atoms with Crippen molar-refractivity contribution < 1.29 is 9.53 Å². The van der Waals surface area contributed by atoms with Crippen LogP contribution in [0.5, 0.6) is 0 Å². The third kappa shape index (κ3) is 3.91. The molecular formula is C24H28N4O3. The number of para-hydroxylation sites is 2. The molecule has 162 valence electrons. The number of aromatic nitrogens is 2. The van der Waals surface area contributed by atoms with Crippen LogP contribution in [-0.2, 0) is 24.1 Å². The third-order valence-corrected chi connectivity index (χ3v) is 6.42. The first-order valence-electron chi connectivity index (χ1n) is 11.1. The molecule has 0 saturated carbocycles. The molecular weight excluding hydrogens is 392 g/mol. The second-order valence-electron chi connectivity index (χ2n) is 8.29. The van der Waals surface area contributed by atoms with Gasteiger partial charge in [-0.2, -0.15) is 0 Å². The third-order valence-electron chi connectivity index (χ3n) is 6.42. The highest BCUT2D eigenvalue weighted by Gasteiger charge is 2.21. The predicted octanol–water partition coefficient (Wildman–Crippen LogP) is 3.09. The van der Waals surface area contributed by atoms with Crippen LogP contribution in [0.1, 0.15) is 24.0 Å². The maximum Gasteiger partial charge on any atom is 0.337 e. The number of carbonyl (C=O) groups is 1. The van der Waals surface area contributed by atoms with Crippen LogP contribution in [0.2, 0.25) is 0 Å². The van der Waals surface area contributed by atoms with Gasteiger partial charge >= 0.3 is 11.7 Å². The second kappa shape index (κ2) is 8.69.